The van der Waals surface area contributed by atoms with E-state index in [4.69, 9.17) is 22.1 Å². The smallest absolute Gasteiger partial charge is 0.250 e. The van der Waals surface area contributed by atoms with E-state index < -0.39 is 12.0 Å². The number of nitrogens with two attached hydrogens (primary N) is 1. The van der Waals surface area contributed by atoms with Crippen molar-refractivity contribution in [2.75, 3.05) is 24.7 Å². The lowest BCUT2D eigenvalue weighted by Gasteiger charge is -2.37. The molecule has 1 aromatic rings. The lowest BCUT2D eigenvalue weighted by molar-refractivity contribution is 0.0718. The summed E-state index contributed by atoms with van der Waals surface area (Å²) in [6.45, 7) is 3.46. The summed E-state index contributed by atoms with van der Waals surface area (Å²) in [7, 11) is 0. The summed E-state index contributed by atoms with van der Waals surface area (Å²) in [5.41, 5.74) is 5.48. The van der Waals surface area contributed by atoms with E-state index >= 15 is 0 Å². The van der Waals surface area contributed by atoms with E-state index in [1.807, 2.05) is 4.90 Å². The summed E-state index contributed by atoms with van der Waals surface area (Å²) in [5.74, 6) is 0.0269. The highest BCUT2D eigenvalue weighted by atomic mass is 35.5. The third kappa shape index (κ3) is 3.39. The van der Waals surface area contributed by atoms with E-state index in [0.29, 0.717) is 37.0 Å². The first-order valence-electron chi connectivity index (χ1n) is 6.47. The number of morpholine rings is 1. The van der Waals surface area contributed by atoms with Crippen LogP contribution in [0.3, 0.4) is 0 Å². The number of carbonyl (C=O) groups is 1. The number of anilines is 1. The largest absolute Gasteiger partial charge is 0.393 e. The quantitative estimate of drug-likeness (QED) is 0.859. The lowest BCUT2D eigenvalue weighted by Crippen LogP contribution is -2.47. The van der Waals surface area contributed by atoms with Gasteiger partial charge in [-0.15, -0.1) is 0 Å². The average Bonchev–Trinajstić information content (AvgIpc) is 2.39. The Balaban J connectivity index is 2.25. The molecule has 2 heterocycles. The van der Waals surface area contributed by atoms with Crippen molar-refractivity contribution in [1.82, 2.24) is 4.98 Å². The molecule has 0 aromatic carbocycles. The molecule has 2 rings (SSSR count). The molecule has 0 spiro atoms. The van der Waals surface area contributed by atoms with Crippen LogP contribution in [0, 0.1) is 0 Å². The molecule has 2 unspecified atom stereocenters. The number of halogens is 1. The van der Waals surface area contributed by atoms with Crippen molar-refractivity contribution in [2.24, 2.45) is 5.73 Å². The summed E-state index contributed by atoms with van der Waals surface area (Å²) in [6, 6.07) is 1.52. The molecule has 0 bridgehead atoms. The van der Waals surface area contributed by atoms with Crippen molar-refractivity contribution in [3.05, 3.63) is 22.8 Å². The van der Waals surface area contributed by atoms with Gasteiger partial charge in [0.15, 0.2) is 0 Å². The Hall–Kier alpha value is -1.37. The number of amides is 1. The van der Waals surface area contributed by atoms with Gasteiger partial charge in [-0.25, -0.2) is 4.98 Å². The summed E-state index contributed by atoms with van der Waals surface area (Å²) >= 11 is 6.19. The predicted octanol–water partition coefficient (Wildman–Crippen LogP) is 0.810. The molecular weight excluding hydrogens is 282 g/mol. The normalized spacial score (nSPS) is 20.8. The Morgan fingerprint density at radius 1 is 1.75 bits per heavy atom. The topological polar surface area (TPSA) is 88.7 Å². The number of nitrogens with zero attached hydrogens (tertiary/aromatic N) is 2. The Morgan fingerprint density at radius 2 is 2.50 bits per heavy atom. The van der Waals surface area contributed by atoms with Gasteiger partial charge in [-0.05, 0) is 19.4 Å². The number of carbonyl (C=O) groups excluding carboxylic acids is 1. The average molecular weight is 300 g/mol. The maximum Gasteiger partial charge on any atom is 0.250 e. The van der Waals surface area contributed by atoms with Crippen molar-refractivity contribution in [2.45, 2.75) is 25.5 Å². The molecule has 6 nitrogen and oxygen atoms in total. The highest BCUT2D eigenvalue weighted by molar-refractivity contribution is 6.33. The zero-order chi connectivity index (χ0) is 14.7. The van der Waals surface area contributed by atoms with Crippen LogP contribution in [-0.4, -0.2) is 47.9 Å². The minimum Gasteiger partial charge on any atom is -0.393 e. The molecule has 1 aliphatic rings. The molecule has 7 heteroatoms. The van der Waals surface area contributed by atoms with Gasteiger partial charge in [-0.3, -0.25) is 4.79 Å². The third-order valence-electron chi connectivity index (χ3n) is 3.22. The zero-order valence-electron chi connectivity index (χ0n) is 11.3. The van der Waals surface area contributed by atoms with Gasteiger partial charge < -0.3 is 20.5 Å². The fourth-order valence-electron chi connectivity index (χ4n) is 2.30. The minimum atomic E-state index is -0.562. The molecule has 1 aromatic heterocycles. The summed E-state index contributed by atoms with van der Waals surface area (Å²) < 4.78 is 5.44. The highest BCUT2D eigenvalue weighted by Crippen LogP contribution is 2.28. The second kappa shape index (κ2) is 6.39. The number of aromatic nitrogens is 1. The second-order valence-corrected chi connectivity index (χ2v) is 5.31. The zero-order valence-corrected chi connectivity index (χ0v) is 12.0. The minimum absolute atomic E-state index is 0.00757. The Morgan fingerprint density at radius 3 is 3.10 bits per heavy atom. The molecule has 1 saturated heterocycles. The van der Waals surface area contributed by atoms with Crippen molar-refractivity contribution >= 4 is 23.3 Å². The van der Waals surface area contributed by atoms with E-state index in [9.17, 15) is 9.90 Å². The molecule has 0 radical (unpaired) electrons. The van der Waals surface area contributed by atoms with Crippen LogP contribution in [0.25, 0.3) is 0 Å². The van der Waals surface area contributed by atoms with Crippen molar-refractivity contribution < 1.29 is 14.6 Å². The van der Waals surface area contributed by atoms with Crippen molar-refractivity contribution in [1.29, 1.82) is 0 Å². The molecular formula is C13H18ClN3O3. The fraction of sp³-hybridized carbons (Fsp3) is 0.538. The van der Waals surface area contributed by atoms with Gasteiger partial charge in [-0.1, -0.05) is 11.6 Å². The van der Waals surface area contributed by atoms with E-state index in [2.05, 4.69) is 4.98 Å². The first kappa shape index (κ1) is 15.0. The summed E-state index contributed by atoms with van der Waals surface area (Å²) in [4.78, 5) is 17.3. The van der Waals surface area contributed by atoms with Crippen LogP contribution < -0.4 is 10.6 Å². The Labute approximate surface area is 122 Å². The summed E-state index contributed by atoms with van der Waals surface area (Å²) in [5, 5.41) is 9.93. The number of ether oxygens (including phenoxy) is 1. The molecule has 1 aliphatic heterocycles. The first-order chi connectivity index (χ1) is 9.49. The number of aliphatic hydroxyl groups excluding tert-OH is 1. The molecule has 2 atom stereocenters. The fourth-order valence-corrected chi connectivity index (χ4v) is 2.57. The number of pyridine rings is 1. The second-order valence-electron chi connectivity index (χ2n) is 4.90. The van der Waals surface area contributed by atoms with E-state index in [0.717, 1.165) is 0 Å². The Bertz CT molecular complexity index is 496. The Kier molecular flexibility index (Phi) is 4.80. The van der Waals surface area contributed by atoms with Gasteiger partial charge in [0.05, 0.1) is 35.9 Å². The first-order valence-corrected chi connectivity index (χ1v) is 6.84. The number of primary amides is 1. The van der Waals surface area contributed by atoms with E-state index in [-0.39, 0.29) is 11.6 Å². The monoisotopic (exact) mass is 299 g/mol. The standard InChI is InChI=1S/C13H18ClN3O3/c1-8(18)4-10-7-20-3-2-17(10)13-11(14)5-9(6-16-13)12(15)19/h5-6,8,10,18H,2-4,7H2,1H3,(H2,15,19). The van der Waals surface area contributed by atoms with Crippen molar-refractivity contribution in [3.8, 4) is 0 Å². The number of aliphatic hydroxyl groups is 1. The summed E-state index contributed by atoms with van der Waals surface area (Å²) in [6.07, 6.45) is 1.54. The van der Waals surface area contributed by atoms with Crippen LogP contribution in [-0.2, 0) is 4.74 Å². The van der Waals surface area contributed by atoms with E-state index in [1.54, 1.807) is 6.92 Å². The molecule has 20 heavy (non-hydrogen) atoms. The maximum absolute atomic E-state index is 11.1. The van der Waals surface area contributed by atoms with Gasteiger partial charge in [0.25, 0.3) is 0 Å². The molecule has 110 valence electrons. The van der Waals surface area contributed by atoms with E-state index in [1.165, 1.54) is 12.3 Å². The lowest BCUT2D eigenvalue weighted by atomic mass is 10.1. The van der Waals surface area contributed by atoms with Crippen LogP contribution in [0.2, 0.25) is 5.02 Å². The SMILES string of the molecule is CC(O)CC1COCCN1c1ncc(C(N)=O)cc1Cl. The van der Waals surface area contributed by atoms with Crippen LogP contribution in [0.1, 0.15) is 23.7 Å². The number of hydrogen-bond acceptors (Lipinski definition) is 5. The third-order valence-corrected chi connectivity index (χ3v) is 3.50. The van der Waals surface area contributed by atoms with Crippen LogP contribution in [0.5, 0.6) is 0 Å². The number of hydrogen-bond donors (Lipinski definition) is 2. The maximum atomic E-state index is 11.1. The predicted molar refractivity (Wildman–Crippen MR) is 76.0 cm³/mol. The molecule has 0 aliphatic carbocycles. The van der Waals surface area contributed by atoms with Gasteiger partial charge >= 0.3 is 0 Å². The van der Waals surface area contributed by atoms with Gasteiger partial charge in [-0.2, -0.15) is 0 Å². The molecule has 1 fully saturated rings. The molecule has 3 N–H and O–H groups in total. The van der Waals surface area contributed by atoms with Crippen molar-refractivity contribution in [3.63, 3.8) is 0 Å². The van der Waals surface area contributed by atoms with Gasteiger partial charge in [0.1, 0.15) is 5.82 Å². The molecule has 0 saturated carbocycles. The highest BCUT2D eigenvalue weighted by Gasteiger charge is 2.27. The van der Waals surface area contributed by atoms with Crippen LogP contribution in [0.15, 0.2) is 12.3 Å². The van der Waals surface area contributed by atoms with Gasteiger partial charge in [0.2, 0.25) is 5.91 Å². The van der Waals surface area contributed by atoms with Crippen LogP contribution >= 0.6 is 11.6 Å². The number of rotatable bonds is 4. The van der Waals surface area contributed by atoms with Crippen LogP contribution in [0.4, 0.5) is 5.82 Å². The van der Waals surface area contributed by atoms with Gasteiger partial charge in [0, 0.05) is 12.7 Å². The molecule has 1 amide bonds.